The van der Waals surface area contributed by atoms with Crippen LogP contribution in [0.5, 0.6) is 0 Å². The van der Waals surface area contributed by atoms with Crippen molar-refractivity contribution in [2.24, 2.45) is 0 Å². The summed E-state index contributed by atoms with van der Waals surface area (Å²) >= 11 is 0. The number of rotatable bonds is 1. The molecular formula is CH4B2O2. The van der Waals surface area contributed by atoms with Crippen molar-refractivity contribution >= 4 is 20.3 Å². The van der Waals surface area contributed by atoms with Gasteiger partial charge < -0.3 is 0 Å². The maximum absolute atomic E-state index is 7.80. The molecule has 0 heterocycles. The zero-order valence-electron chi connectivity index (χ0n) is 2.76. The van der Waals surface area contributed by atoms with Crippen LogP contribution < -0.4 is 0 Å². The molecule has 0 aromatic heterocycles. The molecule has 0 saturated heterocycles. The number of hydrogen-bond donors (Lipinski definition) is 2. The summed E-state index contributed by atoms with van der Waals surface area (Å²) in [6.07, 6.45) is 0. The molecule has 5 heavy (non-hydrogen) atoms. The van der Waals surface area contributed by atoms with Crippen LogP contribution in [0.2, 0.25) is 0 Å². The first-order valence-corrected chi connectivity index (χ1v) is 1.26. The molecule has 0 aliphatic heterocycles. The van der Waals surface area contributed by atoms with E-state index in [0.717, 1.165) is 6.81 Å². The van der Waals surface area contributed by atoms with Crippen LogP contribution in [-0.4, -0.2) is 30.3 Å². The molecule has 0 amide bonds. The molecule has 26 valence electrons. The Kier molecular flexibility index (Phi) is 2.14. The van der Waals surface area contributed by atoms with Gasteiger partial charge in [-0.15, -0.1) is 0 Å². The van der Waals surface area contributed by atoms with Gasteiger partial charge in [0.25, 0.3) is 0 Å². The molecule has 0 bridgehead atoms. The summed E-state index contributed by atoms with van der Waals surface area (Å²) in [6.45, 7) is 4.09. The second-order valence-corrected chi connectivity index (χ2v) is 0.649. The Morgan fingerprint density at radius 3 is 1.80 bits per heavy atom. The van der Waals surface area contributed by atoms with E-state index in [1.807, 2.05) is 0 Å². The fraction of sp³-hybridized carbons (Fsp3) is 0. The molecule has 0 fully saturated rings. The zero-order valence-corrected chi connectivity index (χ0v) is 2.76. The quantitative estimate of drug-likeness (QED) is 0.353. The Morgan fingerprint density at radius 1 is 1.60 bits per heavy atom. The standard InChI is InChI=1S/CH4B2O2/c1-2-3(4)5/h4-5H,1H2. The van der Waals surface area contributed by atoms with Crippen LogP contribution in [0, 0.1) is 0 Å². The van der Waals surface area contributed by atoms with Gasteiger partial charge in [-0.25, -0.2) is 0 Å². The van der Waals surface area contributed by atoms with E-state index in [4.69, 9.17) is 10.0 Å². The van der Waals surface area contributed by atoms with E-state index >= 15 is 0 Å². The fourth-order valence-electron chi connectivity index (χ4n) is 0. The van der Waals surface area contributed by atoms with Gasteiger partial charge in [0.15, 0.2) is 0 Å². The Labute approximate surface area is 31.5 Å². The summed E-state index contributed by atoms with van der Waals surface area (Å²) in [5.41, 5.74) is 0. The summed E-state index contributed by atoms with van der Waals surface area (Å²) in [5, 5.41) is 15.6. The van der Waals surface area contributed by atoms with Crippen molar-refractivity contribution in [3.05, 3.63) is 0 Å². The predicted molar refractivity (Wildman–Crippen MR) is 23.1 cm³/mol. The molecule has 0 rings (SSSR count). The minimum atomic E-state index is -1.35. The van der Waals surface area contributed by atoms with E-state index in [-0.39, 0.29) is 0 Å². The third-order valence-corrected chi connectivity index (χ3v) is 0.211. The van der Waals surface area contributed by atoms with Crippen LogP contribution in [0.4, 0.5) is 0 Å². The Hall–Kier alpha value is -0.0801. The van der Waals surface area contributed by atoms with Gasteiger partial charge in [0.2, 0.25) is 0 Å². The monoisotopic (exact) mass is 70.0 g/mol. The Balaban J connectivity index is 2.83. The van der Waals surface area contributed by atoms with Gasteiger partial charge in [-0.2, -0.15) is 0 Å². The van der Waals surface area contributed by atoms with E-state index in [0.29, 0.717) is 0 Å². The van der Waals surface area contributed by atoms with E-state index < -0.39 is 7.01 Å². The van der Waals surface area contributed by atoms with Crippen molar-refractivity contribution in [1.29, 1.82) is 0 Å². The molecular weight excluding hydrogens is 65.6 g/mol. The van der Waals surface area contributed by atoms with Crippen LogP contribution in [-0.2, 0) is 0 Å². The van der Waals surface area contributed by atoms with Crippen LogP contribution in [0.1, 0.15) is 0 Å². The molecule has 0 aliphatic carbocycles. The van der Waals surface area contributed by atoms with Crippen molar-refractivity contribution in [3.63, 3.8) is 0 Å². The SMILES string of the molecule is C=BB(O)O. The molecule has 0 unspecified atom stereocenters. The number of hydrogen-bond acceptors (Lipinski definition) is 2. The molecule has 2 N–H and O–H groups in total. The minimum absolute atomic E-state index is 1.03. The first-order valence-electron chi connectivity index (χ1n) is 1.26. The first-order chi connectivity index (χ1) is 2.27. The van der Waals surface area contributed by atoms with E-state index in [1.54, 1.807) is 0 Å². The maximum atomic E-state index is 7.80. The summed E-state index contributed by atoms with van der Waals surface area (Å²) < 4.78 is 0. The van der Waals surface area contributed by atoms with Crippen LogP contribution in [0.15, 0.2) is 0 Å². The first kappa shape index (κ1) is 4.92. The molecule has 0 aromatic carbocycles. The summed E-state index contributed by atoms with van der Waals surface area (Å²) in [4.78, 5) is 0. The van der Waals surface area contributed by atoms with E-state index in [9.17, 15) is 0 Å². The Bertz CT molecular complexity index is 34.6. The van der Waals surface area contributed by atoms with Gasteiger partial charge in [-0.1, -0.05) is 0 Å². The third-order valence-electron chi connectivity index (χ3n) is 0.211. The van der Waals surface area contributed by atoms with Crippen LogP contribution in [0.3, 0.4) is 0 Å². The second kappa shape index (κ2) is 2.17. The van der Waals surface area contributed by atoms with Gasteiger partial charge in [0, 0.05) is 0 Å². The van der Waals surface area contributed by atoms with Crippen molar-refractivity contribution in [1.82, 2.24) is 0 Å². The van der Waals surface area contributed by atoms with E-state index in [2.05, 4.69) is 6.47 Å². The van der Waals surface area contributed by atoms with Gasteiger partial charge in [0.05, 0.1) is 0 Å². The third kappa shape index (κ3) is 3.92. The molecule has 0 saturated carbocycles. The summed E-state index contributed by atoms with van der Waals surface area (Å²) in [5.74, 6) is 0. The molecule has 0 atom stereocenters. The fourth-order valence-corrected chi connectivity index (χ4v) is 0. The van der Waals surface area contributed by atoms with Crippen LogP contribution in [0.25, 0.3) is 0 Å². The zero-order chi connectivity index (χ0) is 4.28. The molecule has 0 radical (unpaired) electrons. The second-order valence-electron chi connectivity index (χ2n) is 0.649. The van der Waals surface area contributed by atoms with Crippen molar-refractivity contribution < 1.29 is 10.0 Å². The summed E-state index contributed by atoms with van der Waals surface area (Å²) in [7, 11) is -1.35. The predicted octanol–water partition coefficient (Wildman–Crippen LogP) is -1.91. The van der Waals surface area contributed by atoms with Gasteiger partial charge in [-0.3, -0.25) is 0 Å². The van der Waals surface area contributed by atoms with Gasteiger partial charge >= 0.3 is 30.3 Å². The molecule has 2 nitrogen and oxygen atoms in total. The van der Waals surface area contributed by atoms with Crippen molar-refractivity contribution in [2.45, 2.75) is 0 Å². The van der Waals surface area contributed by atoms with Crippen molar-refractivity contribution in [3.8, 4) is 0 Å². The van der Waals surface area contributed by atoms with Gasteiger partial charge in [-0.05, 0) is 0 Å². The molecule has 4 heteroatoms. The average Bonchev–Trinajstić information content (AvgIpc) is 1.38. The summed E-state index contributed by atoms with van der Waals surface area (Å²) in [6, 6.07) is 0. The normalized spacial score (nSPS) is 6.00. The molecule has 0 aromatic rings. The molecule has 0 aliphatic rings. The molecule has 0 spiro atoms. The Morgan fingerprint density at radius 2 is 1.80 bits per heavy atom. The van der Waals surface area contributed by atoms with Crippen molar-refractivity contribution in [2.75, 3.05) is 0 Å². The van der Waals surface area contributed by atoms with E-state index in [1.165, 1.54) is 0 Å². The topological polar surface area (TPSA) is 40.5 Å². The van der Waals surface area contributed by atoms with Crippen LogP contribution >= 0.6 is 0 Å². The average molecular weight is 69.7 g/mol. The van der Waals surface area contributed by atoms with Gasteiger partial charge in [0.1, 0.15) is 0 Å².